The van der Waals surface area contributed by atoms with Gasteiger partial charge in [-0.2, -0.15) is 0 Å². The Morgan fingerprint density at radius 2 is 1.68 bits per heavy atom. The molecule has 2 rings (SSSR count). The van der Waals surface area contributed by atoms with Crippen LogP contribution in [0.5, 0.6) is 5.75 Å². The third-order valence-electron chi connectivity index (χ3n) is 3.01. The highest BCUT2D eigenvalue weighted by Crippen LogP contribution is 2.21. The summed E-state index contributed by atoms with van der Waals surface area (Å²) in [5, 5.41) is 10.2. The van der Waals surface area contributed by atoms with Crippen molar-refractivity contribution in [3.05, 3.63) is 65.7 Å². The highest BCUT2D eigenvalue weighted by atomic mass is 16.5. The lowest BCUT2D eigenvalue weighted by Gasteiger charge is -2.12. The molecule has 2 aromatic carbocycles. The Kier molecular flexibility index (Phi) is 4.99. The van der Waals surface area contributed by atoms with E-state index in [0.29, 0.717) is 6.42 Å². The van der Waals surface area contributed by atoms with Crippen LogP contribution in [-0.2, 0) is 6.42 Å². The molecule has 1 atom stereocenters. The summed E-state index contributed by atoms with van der Waals surface area (Å²) in [6.07, 6.45) is 1.16. The van der Waals surface area contributed by atoms with Gasteiger partial charge in [0.1, 0.15) is 5.75 Å². The van der Waals surface area contributed by atoms with Crippen LogP contribution in [0.25, 0.3) is 0 Å². The van der Waals surface area contributed by atoms with Crippen LogP contribution in [-0.4, -0.2) is 11.7 Å². The summed E-state index contributed by atoms with van der Waals surface area (Å²) in [7, 11) is 0. The molecule has 0 aliphatic heterocycles. The van der Waals surface area contributed by atoms with Gasteiger partial charge in [-0.15, -0.1) is 0 Å². The van der Waals surface area contributed by atoms with Crippen LogP contribution in [0.3, 0.4) is 0 Å². The maximum Gasteiger partial charge on any atom is 0.119 e. The van der Waals surface area contributed by atoms with E-state index in [1.54, 1.807) is 0 Å². The Morgan fingerprint density at radius 1 is 1.00 bits per heavy atom. The van der Waals surface area contributed by atoms with E-state index in [9.17, 15) is 5.11 Å². The van der Waals surface area contributed by atoms with Crippen molar-refractivity contribution in [3.8, 4) is 5.75 Å². The number of hydrogen-bond acceptors (Lipinski definition) is 2. The minimum atomic E-state index is -0.470. The van der Waals surface area contributed by atoms with Crippen molar-refractivity contribution in [2.45, 2.75) is 25.9 Å². The average molecular weight is 256 g/mol. The molecule has 0 amide bonds. The molecule has 2 nitrogen and oxygen atoms in total. The van der Waals surface area contributed by atoms with Crippen molar-refractivity contribution in [2.75, 3.05) is 6.61 Å². The van der Waals surface area contributed by atoms with Gasteiger partial charge in [-0.05, 0) is 29.7 Å². The van der Waals surface area contributed by atoms with Crippen molar-refractivity contribution in [3.63, 3.8) is 0 Å². The lowest BCUT2D eigenvalue weighted by molar-refractivity contribution is 0.178. The Labute approximate surface area is 114 Å². The number of benzene rings is 2. The summed E-state index contributed by atoms with van der Waals surface area (Å²) < 4.78 is 5.53. The van der Waals surface area contributed by atoms with Gasteiger partial charge < -0.3 is 9.84 Å². The van der Waals surface area contributed by atoms with Crippen molar-refractivity contribution < 1.29 is 9.84 Å². The highest BCUT2D eigenvalue weighted by Gasteiger charge is 2.08. The number of rotatable bonds is 6. The molecule has 0 aromatic heterocycles. The molecular weight excluding hydrogens is 236 g/mol. The fraction of sp³-hybridized carbons (Fsp3) is 0.294. The zero-order valence-electron chi connectivity index (χ0n) is 11.3. The van der Waals surface area contributed by atoms with Crippen molar-refractivity contribution in [1.29, 1.82) is 0 Å². The van der Waals surface area contributed by atoms with E-state index >= 15 is 0 Å². The fourth-order valence-corrected chi connectivity index (χ4v) is 1.96. The van der Waals surface area contributed by atoms with Gasteiger partial charge in [-0.25, -0.2) is 0 Å². The minimum Gasteiger partial charge on any atom is -0.494 e. The van der Waals surface area contributed by atoms with Crippen LogP contribution >= 0.6 is 0 Å². The fourth-order valence-electron chi connectivity index (χ4n) is 1.96. The van der Waals surface area contributed by atoms with Gasteiger partial charge in [-0.3, -0.25) is 0 Å². The van der Waals surface area contributed by atoms with Gasteiger partial charge in [0.05, 0.1) is 12.7 Å². The maximum absolute atomic E-state index is 10.2. The quantitative estimate of drug-likeness (QED) is 0.853. The first-order valence-corrected chi connectivity index (χ1v) is 6.74. The van der Waals surface area contributed by atoms with E-state index in [1.165, 1.54) is 0 Å². The summed E-state index contributed by atoms with van der Waals surface area (Å²) in [6, 6.07) is 17.7. The van der Waals surface area contributed by atoms with Crippen molar-refractivity contribution in [1.82, 2.24) is 0 Å². The molecule has 0 aliphatic rings. The third-order valence-corrected chi connectivity index (χ3v) is 3.01. The van der Waals surface area contributed by atoms with Gasteiger partial charge in [-0.1, -0.05) is 49.4 Å². The molecule has 0 saturated carbocycles. The molecule has 100 valence electrons. The van der Waals surface area contributed by atoms with Crippen LogP contribution < -0.4 is 4.74 Å². The lowest BCUT2D eigenvalue weighted by atomic mass is 10.0. The topological polar surface area (TPSA) is 29.5 Å². The molecule has 19 heavy (non-hydrogen) atoms. The molecular formula is C17H20O2. The molecule has 1 N–H and O–H groups in total. The lowest BCUT2D eigenvalue weighted by Crippen LogP contribution is -2.02. The second kappa shape index (κ2) is 6.95. The second-order valence-electron chi connectivity index (χ2n) is 4.62. The summed E-state index contributed by atoms with van der Waals surface area (Å²) >= 11 is 0. The minimum absolute atomic E-state index is 0.470. The van der Waals surface area contributed by atoms with Gasteiger partial charge in [0.2, 0.25) is 0 Å². The Balaban J connectivity index is 1.97. The largest absolute Gasteiger partial charge is 0.494 e. The van der Waals surface area contributed by atoms with Crippen LogP contribution in [0.4, 0.5) is 0 Å². The second-order valence-corrected chi connectivity index (χ2v) is 4.62. The van der Waals surface area contributed by atoms with Crippen LogP contribution in [0, 0.1) is 0 Å². The molecule has 2 aromatic rings. The first kappa shape index (κ1) is 13.6. The first-order valence-electron chi connectivity index (χ1n) is 6.74. The predicted molar refractivity (Wildman–Crippen MR) is 77.3 cm³/mol. The van der Waals surface area contributed by atoms with Gasteiger partial charge >= 0.3 is 0 Å². The monoisotopic (exact) mass is 256 g/mol. The van der Waals surface area contributed by atoms with Gasteiger partial charge in [0.25, 0.3) is 0 Å². The molecule has 0 aliphatic carbocycles. The van der Waals surface area contributed by atoms with Crippen LogP contribution in [0.1, 0.15) is 30.6 Å². The summed E-state index contributed by atoms with van der Waals surface area (Å²) in [5.74, 6) is 0.859. The number of aliphatic hydroxyl groups excluding tert-OH is 1. The molecule has 0 saturated heterocycles. The summed E-state index contributed by atoms with van der Waals surface area (Å²) in [5.41, 5.74) is 2.06. The summed E-state index contributed by atoms with van der Waals surface area (Å²) in [4.78, 5) is 0. The van der Waals surface area contributed by atoms with E-state index in [2.05, 4.69) is 6.92 Å². The zero-order chi connectivity index (χ0) is 13.5. The SMILES string of the molecule is CCCOc1ccc(C(O)Cc2ccccc2)cc1. The zero-order valence-corrected chi connectivity index (χ0v) is 11.3. The van der Waals surface area contributed by atoms with Crippen LogP contribution in [0.2, 0.25) is 0 Å². The number of hydrogen-bond donors (Lipinski definition) is 1. The molecule has 0 fully saturated rings. The standard InChI is InChI=1S/C17H20O2/c1-2-12-19-16-10-8-15(9-11-16)17(18)13-14-6-4-3-5-7-14/h3-11,17-18H,2,12-13H2,1H3. The summed E-state index contributed by atoms with van der Waals surface area (Å²) in [6.45, 7) is 2.81. The third kappa shape index (κ3) is 4.11. The van der Waals surface area contributed by atoms with E-state index in [4.69, 9.17) is 4.74 Å². The van der Waals surface area contributed by atoms with E-state index < -0.39 is 6.10 Å². The normalized spacial score (nSPS) is 12.1. The molecule has 0 heterocycles. The molecule has 0 radical (unpaired) electrons. The smallest absolute Gasteiger partial charge is 0.119 e. The van der Waals surface area contributed by atoms with E-state index in [1.807, 2.05) is 54.6 Å². The van der Waals surface area contributed by atoms with Crippen molar-refractivity contribution in [2.24, 2.45) is 0 Å². The Bertz CT molecular complexity index is 476. The predicted octanol–water partition coefficient (Wildman–Crippen LogP) is 3.75. The van der Waals surface area contributed by atoms with Crippen molar-refractivity contribution >= 4 is 0 Å². The first-order chi connectivity index (χ1) is 9.29. The average Bonchev–Trinajstić information content (AvgIpc) is 2.46. The van der Waals surface area contributed by atoms with E-state index in [-0.39, 0.29) is 0 Å². The number of aliphatic hydroxyl groups is 1. The maximum atomic E-state index is 10.2. The Hall–Kier alpha value is -1.80. The van der Waals surface area contributed by atoms with Gasteiger partial charge in [0.15, 0.2) is 0 Å². The van der Waals surface area contributed by atoms with Gasteiger partial charge in [0, 0.05) is 6.42 Å². The number of ether oxygens (including phenoxy) is 1. The molecule has 1 unspecified atom stereocenters. The van der Waals surface area contributed by atoms with Crippen LogP contribution in [0.15, 0.2) is 54.6 Å². The molecule has 0 spiro atoms. The van der Waals surface area contributed by atoms with E-state index in [0.717, 1.165) is 29.9 Å². The Morgan fingerprint density at radius 3 is 2.32 bits per heavy atom. The molecule has 2 heteroatoms. The highest BCUT2D eigenvalue weighted by molar-refractivity contribution is 5.29. The molecule has 0 bridgehead atoms.